The van der Waals surface area contributed by atoms with E-state index in [1.54, 1.807) is 30.3 Å². The van der Waals surface area contributed by atoms with Gasteiger partial charge in [0.25, 0.3) is 15.9 Å². The molecule has 1 amide bonds. The molecule has 0 spiro atoms. The van der Waals surface area contributed by atoms with Crippen molar-refractivity contribution in [3.63, 3.8) is 0 Å². The molecule has 0 aliphatic carbocycles. The van der Waals surface area contributed by atoms with E-state index in [1.165, 1.54) is 39.9 Å². The van der Waals surface area contributed by atoms with Gasteiger partial charge < -0.3 is 0 Å². The van der Waals surface area contributed by atoms with Crippen molar-refractivity contribution in [2.45, 2.75) is 25.2 Å². The Hall–Kier alpha value is -2.75. The largest absolute Gasteiger partial charge is 0.296 e. The Labute approximate surface area is 196 Å². The summed E-state index contributed by atoms with van der Waals surface area (Å²) in [6.45, 7) is 7.84. The Morgan fingerprint density at radius 3 is 2.59 bits per heavy atom. The molecule has 0 unspecified atom stereocenters. The van der Waals surface area contributed by atoms with Crippen molar-refractivity contribution in [2.75, 3.05) is 16.2 Å². The van der Waals surface area contributed by atoms with Gasteiger partial charge in [-0.1, -0.05) is 61.1 Å². The van der Waals surface area contributed by atoms with Crippen LogP contribution in [0.4, 0.5) is 10.8 Å². The number of para-hydroxylation sites is 1. The highest BCUT2D eigenvalue weighted by Crippen LogP contribution is 2.30. The van der Waals surface area contributed by atoms with E-state index in [4.69, 9.17) is 11.6 Å². The van der Waals surface area contributed by atoms with Crippen molar-refractivity contribution in [3.05, 3.63) is 76.8 Å². The highest BCUT2D eigenvalue weighted by molar-refractivity contribution is 7.93. The molecule has 0 atom stereocenters. The molecule has 1 N–H and O–H groups in total. The van der Waals surface area contributed by atoms with Gasteiger partial charge >= 0.3 is 0 Å². The minimum absolute atomic E-state index is 0.0154. The molecule has 1 heterocycles. The van der Waals surface area contributed by atoms with Gasteiger partial charge in [0.1, 0.15) is 9.90 Å². The molecule has 0 radical (unpaired) electrons. The van der Waals surface area contributed by atoms with Crippen molar-refractivity contribution >= 4 is 49.7 Å². The maximum Gasteiger partial charge on any atom is 0.266 e. The second kappa shape index (κ2) is 10.2. The lowest BCUT2D eigenvalue weighted by molar-refractivity contribution is 0.102. The topological polar surface area (TPSA) is 92.3 Å². The summed E-state index contributed by atoms with van der Waals surface area (Å²) < 4.78 is 28.0. The molecule has 1 aromatic heterocycles. The van der Waals surface area contributed by atoms with Gasteiger partial charge in [-0.05, 0) is 36.2 Å². The van der Waals surface area contributed by atoms with Crippen LogP contribution < -0.4 is 9.62 Å². The van der Waals surface area contributed by atoms with Crippen molar-refractivity contribution in [1.29, 1.82) is 0 Å². The molecule has 3 rings (SSSR count). The fourth-order valence-corrected chi connectivity index (χ4v) is 5.81. The smallest absolute Gasteiger partial charge is 0.266 e. The summed E-state index contributed by atoms with van der Waals surface area (Å²) in [5.74, 6) is -0.0843. The van der Waals surface area contributed by atoms with E-state index in [0.717, 1.165) is 11.4 Å². The minimum atomic E-state index is -4.06. The molecular formula is C22H23ClN4O3S2. The van der Waals surface area contributed by atoms with Crippen LogP contribution in [-0.4, -0.2) is 31.1 Å². The fourth-order valence-electron chi connectivity index (χ4n) is 2.92. The average Bonchev–Trinajstić information content (AvgIpc) is 3.18. The lowest BCUT2D eigenvalue weighted by Crippen LogP contribution is -2.31. The number of carbonyl (C=O) groups excluding carboxylic acids is 1. The van der Waals surface area contributed by atoms with Crippen molar-refractivity contribution in [2.24, 2.45) is 5.92 Å². The van der Waals surface area contributed by atoms with E-state index in [2.05, 4.69) is 35.9 Å². The van der Waals surface area contributed by atoms with E-state index >= 15 is 0 Å². The number of nitrogens with zero attached hydrogens (tertiary/aromatic N) is 3. The number of hydrogen-bond donors (Lipinski definition) is 1. The first-order valence-electron chi connectivity index (χ1n) is 9.84. The summed E-state index contributed by atoms with van der Waals surface area (Å²) in [6, 6.07) is 12.7. The van der Waals surface area contributed by atoms with Crippen LogP contribution in [0.1, 0.15) is 29.2 Å². The Morgan fingerprint density at radius 2 is 1.94 bits per heavy atom. The third-order valence-electron chi connectivity index (χ3n) is 4.37. The lowest BCUT2D eigenvalue weighted by Gasteiger charge is -2.24. The van der Waals surface area contributed by atoms with Crippen molar-refractivity contribution in [3.8, 4) is 0 Å². The highest BCUT2D eigenvalue weighted by Gasteiger charge is 2.27. The molecule has 0 saturated heterocycles. The summed E-state index contributed by atoms with van der Waals surface area (Å²) in [6.07, 6.45) is 2.24. The Morgan fingerprint density at radius 1 is 1.22 bits per heavy atom. The molecule has 2 aromatic carbocycles. The van der Waals surface area contributed by atoms with E-state index in [9.17, 15) is 13.2 Å². The molecule has 3 aromatic rings. The predicted molar refractivity (Wildman–Crippen MR) is 129 cm³/mol. The van der Waals surface area contributed by atoms with Gasteiger partial charge in [-0.2, -0.15) is 0 Å². The molecule has 0 saturated carbocycles. The second-order valence-electron chi connectivity index (χ2n) is 7.36. The predicted octanol–water partition coefficient (Wildman–Crippen LogP) is 5.02. The molecule has 32 heavy (non-hydrogen) atoms. The molecule has 10 heteroatoms. The second-order valence-corrected chi connectivity index (χ2v) is 10.7. The summed E-state index contributed by atoms with van der Waals surface area (Å²) >= 11 is 7.53. The molecule has 0 bridgehead atoms. The molecular weight excluding hydrogens is 468 g/mol. The summed E-state index contributed by atoms with van der Waals surface area (Å²) in [7, 11) is -4.06. The summed E-state index contributed by atoms with van der Waals surface area (Å²) in [4.78, 5) is 12.6. The average molecular weight is 491 g/mol. The maximum absolute atomic E-state index is 13.4. The van der Waals surface area contributed by atoms with Gasteiger partial charge in [-0.3, -0.25) is 14.4 Å². The number of carbonyl (C=O) groups is 1. The highest BCUT2D eigenvalue weighted by atomic mass is 35.5. The van der Waals surface area contributed by atoms with E-state index in [-0.39, 0.29) is 22.0 Å². The molecule has 0 aliphatic rings. The number of aromatic nitrogens is 2. The number of anilines is 2. The Bertz CT molecular complexity index is 1210. The van der Waals surface area contributed by atoms with Crippen LogP contribution >= 0.6 is 22.9 Å². The molecule has 0 aliphatic heterocycles. The van der Waals surface area contributed by atoms with E-state index < -0.39 is 15.9 Å². The third kappa shape index (κ3) is 5.53. The number of benzene rings is 2. The Balaban J connectivity index is 1.91. The van der Waals surface area contributed by atoms with Crippen molar-refractivity contribution < 1.29 is 13.2 Å². The van der Waals surface area contributed by atoms with Gasteiger partial charge in [-0.15, -0.1) is 16.8 Å². The number of amides is 1. The first-order chi connectivity index (χ1) is 15.2. The summed E-state index contributed by atoms with van der Waals surface area (Å²) in [5, 5.41) is 11.9. The number of sulfonamides is 1. The molecule has 0 fully saturated rings. The van der Waals surface area contributed by atoms with Gasteiger partial charge in [-0.25, -0.2) is 8.42 Å². The van der Waals surface area contributed by atoms with Crippen LogP contribution in [0.15, 0.2) is 66.1 Å². The summed E-state index contributed by atoms with van der Waals surface area (Å²) in [5.41, 5.74) is 0.602. The van der Waals surface area contributed by atoms with Crippen LogP contribution in [0.25, 0.3) is 0 Å². The van der Waals surface area contributed by atoms with Gasteiger partial charge in [0.15, 0.2) is 0 Å². The Kier molecular flexibility index (Phi) is 7.65. The van der Waals surface area contributed by atoms with Crippen LogP contribution in [0.2, 0.25) is 5.02 Å². The normalized spacial score (nSPS) is 11.4. The number of halogens is 1. The number of rotatable bonds is 9. The van der Waals surface area contributed by atoms with Crippen LogP contribution in [0.5, 0.6) is 0 Å². The lowest BCUT2D eigenvalue weighted by atomic mass is 10.1. The number of nitrogens with one attached hydrogen (secondary N) is 1. The zero-order valence-electron chi connectivity index (χ0n) is 17.7. The zero-order valence-corrected chi connectivity index (χ0v) is 20.0. The first-order valence-corrected chi connectivity index (χ1v) is 12.5. The SMILES string of the molecule is C=CCN(c1ccccc1)S(=O)(=O)c1cc(C(=O)Nc2nnc(CC(C)C)s2)ccc1Cl. The van der Waals surface area contributed by atoms with Crippen molar-refractivity contribution in [1.82, 2.24) is 10.2 Å². The fraction of sp³-hybridized carbons (Fsp3) is 0.227. The monoisotopic (exact) mass is 490 g/mol. The first kappa shape index (κ1) is 23.9. The quantitative estimate of drug-likeness (QED) is 0.425. The number of hydrogen-bond acceptors (Lipinski definition) is 6. The van der Waals surface area contributed by atoms with Crippen LogP contribution in [0, 0.1) is 5.92 Å². The molecule has 7 nitrogen and oxygen atoms in total. The van der Waals surface area contributed by atoms with Gasteiger partial charge in [0.05, 0.1) is 17.3 Å². The van der Waals surface area contributed by atoms with E-state index in [1.807, 2.05) is 0 Å². The van der Waals surface area contributed by atoms with Gasteiger partial charge in [0, 0.05) is 12.0 Å². The zero-order chi connectivity index (χ0) is 23.3. The third-order valence-corrected chi connectivity index (χ3v) is 7.51. The standard InChI is InChI=1S/C22H23ClN4O3S2/c1-4-12-27(17-8-6-5-7-9-17)32(29,30)19-14-16(10-11-18(19)23)21(28)24-22-26-25-20(31-22)13-15(2)3/h4-11,14-15H,1,12-13H2,2-3H3,(H,24,26,28). The van der Waals surface area contributed by atoms with Crippen LogP contribution in [-0.2, 0) is 16.4 Å². The minimum Gasteiger partial charge on any atom is -0.296 e. The maximum atomic E-state index is 13.4. The molecule has 168 valence electrons. The van der Waals surface area contributed by atoms with E-state index in [0.29, 0.717) is 16.7 Å². The van der Waals surface area contributed by atoms with Crippen LogP contribution in [0.3, 0.4) is 0 Å². The van der Waals surface area contributed by atoms with Gasteiger partial charge in [0.2, 0.25) is 5.13 Å².